The first-order chi connectivity index (χ1) is 14.4. The second-order valence-corrected chi connectivity index (χ2v) is 9.00. The zero-order valence-corrected chi connectivity index (χ0v) is 18.4. The molecule has 0 radical (unpaired) electrons. The van der Waals surface area contributed by atoms with Crippen LogP contribution in [0.2, 0.25) is 0 Å². The van der Waals surface area contributed by atoms with Gasteiger partial charge in [0, 0.05) is 26.2 Å². The van der Waals surface area contributed by atoms with E-state index in [1.54, 1.807) is 7.11 Å². The van der Waals surface area contributed by atoms with Crippen LogP contribution >= 0.6 is 0 Å². The summed E-state index contributed by atoms with van der Waals surface area (Å²) in [4.78, 5) is 22.7. The molecule has 162 valence electrons. The summed E-state index contributed by atoms with van der Waals surface area (Å²) in [5.41, 5.74) is 0.691. The summed E-state index contributed by atoms with van der Waals surface area (Å²) in [5.74, 6) is 2.80. The van der Waals surface area contributed by atoms with Crippen LogP contribution in [-0.4, -0.2) is 59.1 Å². The number of rotatable bonds is 6. The van der Waals surface area contributed by atoms with Crippen molar-refractivity contribution in [3.63, 3.8) is 0 Å². The van der Waals surface area contributed by atoms with Gasteiger partial charge < -0.3 is 14.2 Å². The molecular weight excluding hydrogens is 380 g/mol. The van der Waals surface area contributed by atoms with E-state index >= 15 is 0 Å². The van der Waals surface area contributed by atoms with E-state index in [0.717, 1.165) is 50.2 Å². The Morgan fingerprint density at radius 2 is 2.00 bits per heavy atom. The topological polar surface area (TPSA) is 71.7 Å². The molecule has 0 spiro atoms. The fraction of sp³-hybridized carbons (Fsp3) is 0.609. The quantitative estimate of drug-likeness (QED) is 0.725. The fourth-order valence-electron chi connectivity index (χ4n) is 4.55. The Morgan fingerprint density at radius 3 is 2.57 bits per heavy atom. The standard InChI is InChI=1S/C23H32N4O3/c1-16(2)14-26-12-5-13-27(15-20(26)21-24-17(3)25-30-21)22(28)23(10-11-23)18-6-8-19(29-4)9-7-18/h6-9,16,20H,5,10-15H2,1-4H3. The third-order valence-electron chi connectivity index (χ3n) is 6.22. The molecule has 1 aliphatic heterocycles. The number of aryl methyl sites for hydroxylation is 1. The average Bonchev–Trinajstić information content (AvgIpc) is 3.48. The van der Waals surface area contributed by atoms with E-state index in [-0.39, 0.29) is 11.9 Å². The highest BCUT2D eigenvalue weighted by Gasteiger charge is 2.53. The Kier molecular flexibility index (Phi) is 5.82. The van der Waals surface area contributed by atoms with Crippen LogP contribution in [0.5, 0.6) is 5.75 Å². The highest BCUT2D eigenvalue weighted by Crippen LogP contribution is 2.50. The van der Waals surface area contributed by atoms with Gasteiger partial charge in [-0.05, 0) is 49.8 Å². The highest BCUT2D eigenvalue weighted by atomic mass is 16.5. The van der Waals surface area contributed by atoms with Crippen molar-refractivity contribution < 1.29 is 14.1 Å². The van der Waals surface area contributed by atoms with Crippen LogP contribution in [-0.2, 0) is 10.2 Å². The molecule has 1 saturated heterocycles. The lowest BCUT2D eigenvalue weighted by molar-refractivity contribution is -0.134. The molecule has 2 fully saturated rings. The van der Waals surface area contributed by atoms with Crippen molar-refractivity contribution in [3.05, 3.63) is 41.5 Å². The number of ether oxygens (including phenoxy) is 1. The fourth-order valence-corrected chi connectivity index (χ4v) is 4.55. The Labute approximate surface area is 178 Å². The van der Waals surface area contributed by atoms with Crippen molar-refractivity contribution in [2.24, 2.45) is 5.92 Å². The summed E-state index contributed by atoms with van der Waals surface area (Å²) in [7, 11) is 1.66. The Bertz CT molecular complexity index is 873. The predicted octanol–water partition coefficient (Wildman–Crippen LogP) is 3.35. The number of carbonyl (C=O) groups is 1. The molecule has 30 heavy (non-hydrogen) atoms. The number of amides is 1. The molecule has 0 bridgehead atoms. The van der Waals surface area contributed by atoms with E-state index in [4.69, 9.17) is 9.26 Å². The van der Waals surface area contributed by atoms with Crippen LogP contribution in [0.4, 0.5) is 0 Å². The van der Waals surface area contributed by atoms with Crippen LogP contribution < -0.4 is 4.74 Å². The van der Waals surface area contributed by atoms with Crippen molar-refractivity contribution in [2.45, 2.75) is 51.5 Å². The molecule has 1 atom stereocenters. The monoisotopic (exact) mass is 412 g/mol. The summed E-state index contributed by atoms with van der Waals surface area (Å²) < 4.78 is 10.8. The maximum absolute atomic E-state index is 13.7. The molecule has 2 aliphatic rings. The molecule has 7 nitrogen and oxygen atoms in total. The van der Waals surface area contributed by atoms with E-state index in [9.17, 15) is 4.79 Å². The lowest BCUT2D eigenvalue weighted by Crippen LogP contribution is -2.43. The summed E-state index contributed by atoms with van der Waals surface area (Å²) in [6.45, 7) is 9.48. The second kappa shape index (κ2) is 8.38. The molecule has 1 unspecified atom stereocenters. The van der Waals surface area contributed by atoms with Crippen LogP contribution in [0.15, 0.2) is 28.8 Å². The van der Waals surface area contributed by atoms with Gasteiger partial charge in [-0.15, -0.1) is 0 Å². The first kappa shape index (κ1) is 20.8. The van der Waals surface area contributed by atoms with E-state index < -0.39 is 5.41 Å². The lowest BCUT2D eigenvalue weighted by atomic mass is 9.94. The number of methoxy groups -OCH3 is 1. The Hall–Kier alpha value is -2.41. The molecule has 2 aromatic rings. The van der Waals surface area contributed by atoms with Gasteiger partial charge in [0.05, 0.1) is 12.5 Å². The largest absolute Gasteiger partial charge is 0.497 e. The van der Waals surface area contributed by atoms with Crippen molar-refractivity contribution in [2.75, 3.05) is 33.3 Å². The minimum Gasteiger partial charge on any atom is -0.497 e. The van der Waals surface area contributed by atoms with Crippen molar-refractivity contribution in [1.82, 2.24) is 19.9 Å². The van der Waals surface area contributed by atoms with Gasteiger partial charge in [0.25, 0.3) is 0 Å². The number of nitrogens with zero attached hydrogens (tertiary/aromatic N) is 4. The molecule has 1 amide bonds. The summed E-state index contributed by atoms with van der Waals surface area (Å²) >= 11 is 0. The highest BCUT2D eigenvalue weighted by molar-refractivity contribution is 5.91. The van der Waals surface area contributed by atoms with Gasteiger partial charge in [-0.1, -0.05) is 31.1 Å². The molecule has 1 aromatic heterocycles. The molecule has 0 N–H and O–H groups in total. The molecule has 2 heterocycles. The van der Waals surface area contributed by atoms with Crippen LogP contribution in [0.25, 0.3) is 0 Å². The van der Waals surface area contributed by atoms with E-state index in [2.05, 4.69) is 28.9 Å². The number of benzene rings is 1. The molecule has 1 aliphatic carbocycles. The number of carbonyl (C=O) groups excluding carboxylic acids is 1. The Balaban J connectivity index is 1.58. The Morgan fingerprint density at radius 1 is 1.27 bits per heavy atom. The minimum atomic E-state index is -0.394. The smallest absolute Gasteiger partial charge is 0.245 e. The lowest BCUT2D eigenvalue weighted by Gasteiger charge is -2.32. The zero-order valence-electron chi connectivity index (χ0n) is 18.4. The second-order valence-electron chi connectivity index (χ2n) is 9.00. The first-order valence-electron chi connectivity index (χ1n) is 10.9. The number of hydrogen-bond donors (Lipinski definition) is 0. The van der Waals surface area contributed by atoms with Gasteiger partial charge in [-0.3, -0.25) is 9.69 Å². The third kappa shape index (κ3) is 4.08. The van der Waals surface area contributed by atoms with Gasteiger partial charge >= 0.3 is 0 Å². The van der Waals surface area contributed by atoms with Gasteiger partial charge in [0.15, 0.2) is 5.82 Å². The van der Waals surface area contributed by atoms with Crippen LogP contribution in [0.1, 0.15) is 56.4 Å². The van der Waals surface area contributed by atoms with Gasteiger partial charge in [0.2, 0.25) is 11.8 Å². The maximum atomic E-state index is 13.7. The van der Waals surface area contributed by atoms with Gasteiger partial charge in [-0.2, -0.15) is 4.98 Å². The third-order valence-corrected chi connectivity index (χ3v) is 6.22. The zero-order chi connectivity index (χ0) is 21.3. The molecule has 4 rings (SSSR count). The SMILES string of the molecule is COc1ccc(C2(C(=O)N3CCCN(CC(C)C)C(c4nc(C)no4)C3)CC2)cc1. The number of aromatic nitrogens is 2. The molecule has 1 aromatic carbocycles. The van der Waals surface area contributed by atoms with Crippen LogP contribution in [0, 0.1) is 12.8 Å². The summed E-state index contributed by atoms with van der Waals surface area (Å²) in [5, 5.41) is 4.00. The summed E-state index contributed by atoms with van der Waals surface area (Å²) in [6.07, 6.45) is 2.74. The van der Waals surface area contributed by atoms with E-state index in [0.29, 0.717) is 24.2 Å². The average molecular weight is 413 g/mol. The van der Waals surface area contributed by atoms with Gasteiger partial charge in [0.1, 0.15) is 11.8 Å². The maximum Gasteiger partial charge on any atom is 0.245 e. The summed E-state index contributed by atoms with van der Waals surface area (Å²) in [6, 6.07) is 7.89. The number of hydrogen-bond acceptors (Lipinski definition) is 6. The van der Waals surface area contributed by atoms with Gasteiger partial charge in [-0.25, -0.2) is 0 Å². The van der Waals surface area contributed by atoms with Crippen molar-refractivity contribution >= 4 is 5.91 Å². The molecule has 7 heteroatoms. The normalized spacial score (nSPS) is 21.5. The predicted molar refractivity (Wildman–Crippen MR) is 113 cm³/mol. The van der Waals surface area contributed by atoms with Crippen molar-refractivity contribution in [1.29, 1.82) is 0 Å². The van der Waals surface area contributed by atoms with E-state index in [1.807, 2.05) is 36.1 Å². The van der Waals surface area contributed by atoms with E-state index in [1.165, 1.54) is 0 Å². The first-order valence-corrected chi connectivity index (χ1v) is 10.9. The van der Waals surface area contributed by atoms with Crippen molar-refractivity contribution in [3.8, 4) is 5.75 Å². The van der Waals surface area contributed by atoms with Crippen LogP contribution in [0.3, 0.4) is 0 Å². The molecule has 1 saturated carbocycles. The minimum absolute atomic E-state index is 0.0632. The molecular formula is C23H32N4O3.